The monoisotopic (exact) mass is 497 g/mol. The lowest BCUT2D eigenvalue weighted by molar-refractivity contribution is -0.122. The number of nitrogens with one attached hydrogen (secondary N) is 1. The summed E-state index contributed by atoms with van der Waals surface area (Å²) in [4.78, 5) is 32.1. The zero-order valence-corrected chi connectivity index (χ0v) is 20.2. The van der Waals surface area contributed by atoms with Gasteiger partial charge in [0.15, 0.2) is 5.13 Å². The topological polar surface area (TPSA) is 62.3 Å². The maximum Gasteiger partial charge on any atom is 0.266 e. The highest BCUT2D eigenvalue weighted by Gasteiger charge is 2.32. The molecule has 2 heterocycles. The minimum Gasteiger partial charge on any atom is -0.302 e. The number of aryl methyl sites for hydroxylation is 1. The van der Waals surface area contributed by atoms with Crippen LogP contribution in [0, 0.1) is 12.7 Å². The van der Waals surface area contributed by atoms with Gasteiger partial charge in [0.1, 0.15) is 10.1 Å². The highest BCUT2D eigenvalue weighted by atomic mass is 32.2. The molecule has 1 aromatic heterocycles. The van der Waals surface area contributed by atoms with Gasteiger partial charge in [0.05, 0.1) is 4.91 Å². The fraction of sp³-hybridized carbons (Fsp3) is 0.167. The van der Waals surface area contributed by atoms with E-state index in [1.54, 1.807) is 24.4 Å². The van der Waals surface area contributed by atoms with Crippen LogP contribution in [0.3, 0.4) is 0 Å². The molecule has 1 aliphatic rings. The molecule has 33 heavy (non-hydrogen) atoms. The molecule has 1 aliphatic heterocycles. The Morgan fingerprint density at radius 3 is 2.85 bits per heavy atom. The van der Waals surface area contributed by atoms with E-state index in [0.29, 0.717) is 19.9 Å². The SMILES string of the molecule is Cc1cccc(Cc2cnc(NC(=O)CCN3C(=O)C(=Cc4ccccc4F)SC3=S)s2)c1. The summed E-state index contributed by atoms with van der Waals surface area (Å²) < 4.78 is 14.2. The molecule has 1 N–H and O–H groups in total. The second-order valence-electron chi connectivity index (χ2n) is 7.45. The summed E-state index contributed by atoms with van der Waals surface area (Å²) in [6, 6.07) is 14.5. The summed E-state index contributed by atoms with van der Waals surface area (Å²) in [7, 11) is 0. The summed E-state index contributed by atoms with van der Waals surface area (Å²) >= 11 is 7.82. The van der Waals surface area contributed by atoms with Crippen molar-refractivity contribution in [2.24, 2.45) is 0 Å². The number of aromatic nitrogens is 1. The molecule has 5 nitrogen and oxygen atoms in total. The smallest absolute Gasteiger partial charge is 0.266 e. The Hall–Kier alpha value is -2.88. The molecular weight excluding hydrogens is 477 g/mol. The number of hydrogen-bond donors (Lipinski definition) is 1. The van der Waals surface area contributed by atoms with Crippen molar-refractivity contribution in [3.05, 3.63) is 87.0 Å². The Balaban J connectivity index is 1.32. The molecule has 0 bridgehead atoms. The minimum atomic E-state index is -0.410. The van der Waals surface area contributed by atoms with Crippen LogP contribution in [-0.2, 0) is 16.0 Å². The highest BCUT2D eigenvalue weighted by molar-refractivity contribution is 8.26. The standard InChI is InChI=1S/C24H20FN3O2S3/c1-15-5-4-6-16(11-15)12-18-14-26-23(32-18)27-21(29)9-10-28-22(30)20(33-24(28)31)13-17-7-2-3-8-19(17)25/h2-8,11,13-14H,9-10,12H2,1H3,(H,26,27,29). The van der Waals surface area contributed by atoms with Crippen LogP contribution in [0.5, 0.6) is 0 Å². The van der Waals surface area contributed by atoms with Gasteiger partial charge in [-0.15, -0.1) is 11.3 Å². The first-order chi connectivity index (χ1) is 15.9. The Morgan fingerprint density at radius 1 is 1.24 bits per heavy atom. The number of carbonyl (C=O) groups excluding carboxylic acids is 2. The third-order valence-corrected chi connectivity index (χ3v) is 7.18. The lowest BCUT2D eigenvalue weighted by atomic mass is 10.1. The molecule has 2 aromatic carbocycles. The number of thiocarbonyl (C=S) groups is 1. The molecule has 9 heteroatoms. The summed E-state index contributed by atoms with van der Waals surface area (Å²) in [5.74, 6) is -0.985. The maximum atomic E-state index is 13.9. The summed E-state index contributed by atoms with van der Waals surface area (Å²) in [5.41, 5.74) is 2.71. The van der Waals surface area contributed by atoms with Gasteiger partial charge in [-0.25, -0.2) is 9.37 Å². The Morgan fingerprint density at radius 2 is 2.06 bits per heavy atom. The number of benzene rings is 2. The quantitative estimate of drug-likeness (QED) is 0.349. The van der Waals surface area contributed by atoms with Gasteiger partial charge in [-0.05, 0) is 24.6 Å². The van der Waals surface area contributed by atoms with Crippen molar-refractivity contribution in [1.29, 1.82) is 0 Å². The molecule has 1 saturated heterocycles. The number of nitrogens with zero attached hydrogens (tertiary/aromatic N) is 2. The van der Waals surface area contributed by atoms with Gasteiger partial charge in [0, 0.05) is 36.0 Å². The van der Waals surface area contributed by atoms with Gasteiger partial charge in [-0.2, -0.15) is 0 Å². The van der Waals surface area contributed by atoms with E-state index < -0.39 is 5.82 Å². The van der Waals surface area contributed by atoms with Crippen LogP contribution in [0.2, 0.25) is 0 Å². The average molecular weight is 498 g/mol. The van der Waals surface area contributed by atoms with Crippen molar-refractivity contribution in [2.45, 2.75) is 19.8 Å². The van der Waals surface area contributed by atoms with Crippen molar-refractivity contribution < 1.29 is 14.0 Å². The minimum absolute atomic E-state index is 0.0756. The lowest BCUT2D eigenvalue weighted by Gasteiger charge is -2.13. The molecule has 0 unspecified atom stereocenters. The Kier molecular flexibility index (Phi) is 7.32. The average Bonchev–Trinajstić information content (AvgIpc) is 3.31. The van der Waals surface area contributed by atoms with E-state index in [1.807, 2.05) is 6.07 Å². The van der Waals surface area contributed by atoms with E-state index in [4.69, 9.17) is 12.2 Å². The number of amides is 2. The largest absolute Gasteiger partial charge is 0.302 e. The highest BCUT2D eigenvalue weighted by Crippen LogP contribution is 2.33. The third-order valence-electron chi connectivity index (χ3n) is 4.89. The zero-order valence-electron chi connectivity index (χ0n) is 17.7. The molecule has 1 fully saturated rings. The van der Waals surface area contributed by atoms with Crippen molar-refractivity contribution >= 4 is 62.7 Å². The molecule has 0 radical (unpaired) electrons. The van der Waals surface area contributed by atoms with Crippen LogP contribution in [-0.4, -0.2) is 32.6 Å². The number of anilines is 1. The first-order valence-corrected chi connectivity index (χ1v) is 12.2. The molecular formula is C24H20FN3O2S3. The van der Waals surface area contributed by atoms with E-state index in [1.165, 1.54) is 39.5 Å². The predicted octanol–water partition coefficient (Wildman–Crippen LogP) is 5.41. The second-order valence-corrected chi connectivity index (χ2v) is 10.2. The lowest BCUT2D eigenvalue weighted by Crippen LogP contribution is -2.31. The number of halogens is 1. The van der Waals surface area contributed by atoms with E-state index in [2.05, 4.69) is 35.4 Å². The van der Waals surface area contributed by atoms with Gasteiger partial charge in [-0.1, -0.05) is 72.0 Å². The maximum absolute atomic E-state index is 13.9. The third kappa shape index (κ3) is 5.93. The first-order valence-electron chi connectivity index (χ1n) is 10.2. The van der Waals surface area contributed by atoms with Gasteiger partial charge in [-0.3, -0.25) is 14.5 Å². The van der Waals surface area contributed by atoms with E-state index >= 15 is 0 Å². The van der Waals surface area contributed by atoms with E-state index in [9.17, 15) is 14.0 Å². The van der Waals surface area contributed by atoms with Crippen molar-refractivity contribution in [3.63, 3.8) is 0 Å². The predicted molar refractivity (Wildman–Crippen MR) is 136 cm³/mol. The fourth-order valence-electron chi connectivity index (χ4n) is 3.29. The zero-order chi connectivity index (χ0) is 23.4. The van der Waals surface area contributed by atoms with Crippen molar-refractivity contribution in [2.75, 3.05) is 11.9 Å². The molecule has 2 amide bonds. The normalized spacial score (nSPS) is 14.8. The Labute approximate surface area is 204 Å². The van der Waals surface area contributed by atoms with Crippen LogP contribution in [0.25, 0.3) is 6.08 Å². The number of thiazole rings is 1. The van der Waals surface area contributed by atoms with Gasteiger partial charge in [0.2, 0.25) is 5.91 Å². The van der Waals surface area contributed by atoms with E-state index in [0.717, 1.165) is 23.1 Å². The Bertz CT molecular complexity index is 1260. The first kappa shape index (κ1) is 23.3. The van der Waals surface area contributed by atoms with Gasteiger partial charge < -0.3 is 5.32 Å². The van der Waals surface area contributed by atoms with Crippen LogP contribution in [0.1, 0.15) is 28.0 Å². The molecule has 0 aliphatic carbocycles. The van der Waals surface area contributed by atoms with Gasteiger partial charge >= 0.3 is 0 Å². The van der Waals surface area contributed by atoms with Crippen molar-refractivity contribution in [1.82, 2.24) is 9.88 Å². The molecule has 0 atom stereocenters. The van der Waals surface area contributed by atoms with Crippen LogP contribution < -0.4 is 5.32 Å². The van der Waals surface area contributed by atoms with Gasteiger partial charge in [0.25, 0.3) is 5.91 Å². The van der Waals surface area contributed by atoms with Crippen molar-refractivity contribution in [3.8, 4) is 0 Å². The van der Waals surface area contributed by atoms with Crippen LogP contribution >= 0.6 is 35.3 Å². The van der Waals surface area contributed by atoms with Crippen LogP contribution in [0.15, 0.2) is 59.6 Å². The summed E-state index contributed by atoms with van der Waals surface area (Å²) in [6.45, 7) is 2.20. The summed E-state index contributed by atoms with van der Waals surface area (Å²) in [5, 5.41) is 3.31. The number of hydrogen-bond acceptors (Lipinski definition) is 6. The second kappa shape index (κ2) is 10.4. The fourth-order valence-corrected chi connectivity index (χ4v) is 5.45. The number of rotatable bonds is 7. The van der Waals surface area contributed by atoms with E-state index in [-0.39, 0.29) is 24.8 Å². The molecule has 0 saturated carbocycles. The number of thioether (sulfide) groups is 1. The van der Waals surface area contributed by atoms with Crippen LogP contribution in [0.4, 0.5) is 9.52 Å². The molecule has 3 aromatic rings. The molecule has 0 spiro atoms. The molecule has 4 rings (SSSR count). The number of carbonyl (C=O) groups is 2. The molecule has 168 valence electrons. The summed E-state index contributed by atoms with van der Waals surface area (Å²) in [6.07, 6.45) is 4.07.